The molecule has 0 bridgehead atoms. The lowest BCUT2D eigenvalue weighted by Crippen LogP contribution is -2.37. The number of halogens is 4. The smallest absolute Gasteiger partial charge is 0.416 e. The first-order chi connectivity index (χ1) is 19.0. The Bertz CT molecular complexity index is 1390. The molecule has 1 unspecified atom stereocenters. The summed E-state index contributed by atoms with van der Waals surface area (Å²) in [5, 5.41) is 13.0. The summed E-state index contributed by atoms with van der Waals surface area (Å²) in [6.07, 6.45) is -3.13. The molecule has 3 aromatic carbocycles. The van der Waals surface area contributed by atoms with Crippen molar-refractivity contribution in [3.63, 3.8) is 0 Å². The SMILES string of the molecule is C=C(O)CCCOc1cc(NC(C(=O)N2CCc3c(C)cc(C(F)(F)F)cc32)c2ccc(Cl)cc2)cc(OC)c1. The molecule has 6 nitrogen and oxygen atoms in total. The average molecular weight is 575 g/mol. The predicted octanol–water partition coefficient (Wildman–Crippen LogP) is 7.65. The molecule has 10 heteroatoms. The molecule has 4 rings (SSSR count). The van der Waals surface area contributed by atoms with E-state index in [-0.39, 0.29) is 18.0 Å². The van der Waals surface area contributed by atoms with Gasteiger partial charge in [-0.15, -0.1) is 0 Å². The van der Waals surface area contributed by atoms with Gasteiger partial charge in [-0.2, -0.15) is 13.2 Å². The molecule has 40 heavy (non-hydrogen) atoms. The van der Waals surface area contributed by atoms with Crippen molar-refractivity contribution in [2.75, 3.05) is 30.5 Å². The number of benzene rings is 3. The molecule has 0 fully saturated rings. The normalized spacial score (nSPS) is 13.5. The molecule has 1 aliphatic rings. The Morgan fingerprint density at radius 2 is 1.85 bits per heavy atom. The molecule has 3 aromatic rings. The number of carbonyl (C=O) groups excluding carboxylic acids is 1. The lowest BCUT2D eigenvalue weighted by atomic mass is 10.0. The number of methoxy groups -OCH3 is 1. The van der Waals surface area contributed by atoms with Gasteiger partial charge in [0.15, 0.2) is 0 Å². The molecule has 1 heterocycles. The van der Waals surface area contributed by atoms with Gasteiger partial charge in [-0.25, -0.2) is 0 Å². The van der Waals surface area contributed by atoms with E-state index in [4.69, 9.17) is 21.1 Å². The number of carbonyl (C=O) groups is 1. The zero-order chi connectivity index (χ0) is 29.0. The number of nitrogens with zero attached hydrogens (tertiary/aromatic N) is 1. The topological polar surface area (TPSA) is 71.0 Å². The van der Waals surface area contributed by atoms with E-state index >= 15 is 0 Å². The highest BCUT2D eigenvalue weighted by molar-refractivity contribution is 6.30. The maximum Gasteiger partial charge on any atom is 0.416 e. The number of aliphatic hydroxyl groups is 1. The standard InChI is InChI=1S/C30H30ClF3N2O4/c1-18-13-21(30(32,33)34)14-27-26(18)10-11-36(27)29(38)28(20-6-8-22(31)9-7-20)35-23-15-24(39-3)17-25(16-23)40-12-4-5-19(2)37/h6-9,13-17,28,35,37H,2,4-5,10-12H2,1,3H3. The van der Waals surface area contributed by atoms with Crippen LogP contribution in [0, 0.1) is 6.92 Å². The fourth-order valence-corrected chi connectivity index (χ4v) is 4.82. The first-order valence-corrected chi connectivity index (χ1v) is 13.1. The van der Waals surface area contributed by atoms with Crippen LogP contribution in [0.2, 0.25) is 5.02 Å². The van der Waals surface area contributed by atoms with Crippen LogP contribution in [-0.4, -0.2) is 31.3 Å². The molecule has 212 valence electrons. The van der Waals surface area contributed by atoms with E-state index in [0.717, 1.165) is 17.7 Å². The second-order valence-electron chi connectivity index (χ2n) is 9.57. The van der Waals surface area contributed by atoms with Crippen molar-refractivity contribution in [3.8, 4) is 11.5 Å². The van der Waals surface area contributed by atoms with Gasteiger partial charge < -0.3 is 24.8 Å². The number of aryl methyl sites for hydroxylation is 1. The van der Waals surface area contributed by atoms with Gasteiger partial charge in [0.1, 0.15) is 17.5 Å². The molecule has 0 aliphatic carbocycles. The fraction of sp³-hybridized carbons (Fsp3) is 0.300. The third kappa shape index (κ3) is 6.83. The second kappa shape index (κ2) is 12.1. The highest BCUT2D eigenvalue weighted by Crippen LogP contribution is 2.40. The third-order valence-electron chi connectivity index (χ3n) is 6.67. The lowest BCUT2D eigenvalue weighted by molar-refractivity contribution is -0.137. The minimum Gasteiger partial charge on any atom is -0.513 e. The van der Waals surface area contributed by atoms with Crippen LogP contribution in [0.5, 0.6) is 11.5 Å². The number of hydrogen-bond acceptors (Lipinski definition) is 5. The third-order valence-corrected chi connectivity index (χ3v) is 6.93. The van der Waals surface area contributed by atoms with Gasteiger partial charge in [-0.05, 0) is 60.7 Å². The monoisotopic (exact) mass is 574 g/mol. The first kappa shape index (κ1) is 29.1. The Hall–Kier alpha value is -3.85. The van der Waals surface area contributed by atoms with Crippen molar-refractivity contribution in [2.45, 2.75) is 38.4 Å². The molecule has 0 spiro atoms. The summed E-state index contributed by atoms with van der Waals surface area (Å²) in [5.74, 6) is 0.615. The number of ether oxygens (including phenoxy) is 2. The maximum absolute atomic E-state index is 14.0. The number of alkyl halides is 3. The van der Waals surface area contributed by atoms with Crippen LogP contribution in [0.4, 0.5) is 24.5 Å². The van der Waals surface area contributed by atoms with Crippen LogP contribution in [-0.2, 0) is 17.4 Å². The van der Waals surface area contributed by atoms with Crippen LogP contribution in [0.3, 0.4) is 0 Å². The Balaban J connectivity index is 1.67. The van der Waals surface area contributed by atoms with E-state index in [1.807, 2.05) is 0 Å². The van der Waals surface area contributed by atoms with Gasteiger partial charge in [0.05, 0.1) is 25.0 Å². The van der Waals surface area contributed by atoms with Crippen LogP contribution in [0.25, 0.3) is 0 Å². The number of hydrogen-bond donors (Lipinski definition) is 2. The molecule has 1 aliphatic heterocycles. The van der Waals surface area contributed by atoms with Crippen molar-refractivity contribution in [3.05, 3.63) is 94.2 Å². The lowest BCUT2D eigenvalue weighted by Gasteiger charge is -2.27. The van der Waals surface area contributed by atoms with Crippen molar-refractivity contribution < 1.29 is 32.5 Å². The van der Waals surface area contributed by atoms with Crippen LogP contribution >= 0.6 is 11.6 Å². The molecule has 0 saturated heterocycles. The average Bonchev–Trinajstić information content (AvgIpc) is 3.34. The molecular weight excluding hydrogens is 545 g/mol. The summed E-state index contributed by atoms with van der Waals surface area (Å²) in [6.45, 7) is 5.66. The number of rotatable bonds is 10. The van der Waals surface area contributed by atoms with Gasteiger partial charge in [-0.1, -0.05) is 30.3 Å². The number of allylic oxidation sites excluding steroid dienone is 1. The molecule has 1 amide bonds. The van der Waals surface area contributed by atoms with Gasteiger partial charge in [0, 0.05) is 47.6 Å². The summed E-state index contributed by atoms with van der Waals surface area (Å²) in [7, 11) is 1.50. The second-order valence-corrected chi connectivity index (χ2v) is 10.0. The number of fused-ring (bicyclic) bond motifs is 1. The van der Waals surface area contributed by atoms with Crippen molar-refractivity contribution in [1.82, 2.24) is 0 Å². The number of nitrogens with one attached hydrogen (secondary N) is 1. The number of aliphatic hydroxyl groups excluding tert-OH is 1. The van der Waals surface area contributed by atoms with Crippen molar-refractivity contribution in [2.24, 2.45) is 0 Å². The number of amides is 1. The zero-order valence-electron chi connectivity index (χ0n) is 22.1. The molecule has 0 radical (unpaired) electrons. The Morgan fingerprint density at radius 3 is 2.50 bits per heavy atom. The summed E-state index contributed by atoms with van der Waals surface area (Å²) < 4.78 is 52.0. The van der Waals surface area contributed by atoms with E-state index in [9.17, 15) is 23.1 Å². The van der Waals surface area contributed by atoms with Crippen LogP contribution in [0.1, 0.15) is 41.1 Å². The Labute approximate surface area is 236 Å². The molecular formula is C30H30ClF3N2O4. The van der Waals surface area contributed by atoms with E-state index in [2.05, 4.69) is 11.9 Å². The summed E-state index contributed by atoms with van der Waals surface area (Å²) in [5.41, 5.74) is 1.78. The largest absolute Gasteiger partial charge is 0.513 e. The van der Waals surface area contributed by atoms with E-state index in [1.54, 1.807) is 49.4 Å². The predicted molar refractivity (Wildman–Crippen MR) is 150 cm³/mol. The fourth-order valence-electron chi connectivity index (χ4n) is 4.69. The minimum absolute atomic E-state index is 0.0713. The quantitative estimate of drug-likeness (QED) is 0.192. The summed E-state index contributed by atoms with van der Waals surface area (Å²) in [6, 6.07) is 13.0. The number of anilines is 2. The molecule has 0 saturated carbocycles. The highest BCUT2D eigenvalue weighted by atomic mass is 35.5. The Kier molecular flexibility index (Phi) is 8.83. The minimum atomic E-state index is -4.54. The summed E-state index contributed by atoms with van der Waals surface area (Å²) in [4.78, 5) is 15.4. The van der Waals surface area contributed by atoms with Gasteiger partial charge in [0.25, 0.3) is 5.91 Å². The molecule has 2 N–H and O–H groups in total. The molecule has 0 aromatic heterocycles. The van der Waals surface area contributed by atoms with E-state index in [1.165, 1.54) is 12.0 Å². The van der Waals surface area contributed by atoms with Crippen molar-refractivity contribution >= 4 is 28.9 Å². The van der Waals surface area contributed by atoms with E-state index < -0.39 is 23.7 Å². The van der Waals surface area contributed by atoms with Crippen LogP contribution < -0.4 is 19.7 Å². The first-order valence-electron chi connectivity index (χ1n) is 12.7. The zero-order valence-corrected chi connectivity index (χ0v) is 22.9. The molecule has 1 atom stereocenters. The Morgan fingerprint density at radius 1 is 1.15 bits per heavy atom. The highest BCUT2D eigenvalue weighted by Gasteiger charge is 2.37. The maximum atomic E-state index is 14.0. The van der Waals surface area contributed by atoms with Gasteiger partial charge >= 0.3 is 6.18 Å². The summed E-state index contributed by atoms with van der Waals surface area (Å²) >= 11 is 6.09. The van der Waals surface area contributed by atoms with Gasteiger partial charge in [0.2, 0.25) is 0 Å². The van der Waals surface area contributed by atoms with Crippen molar-refractivity contribution in [1.29, 1.82) is 0 Å². The van der Waals surface area contributed by atoms with Crippen LogP contribution in [0.15, 0.2) is 66.9 Å². The van der Waals surface area contributed by atoms with Gasteiger partial charge in [-0.3, -0.25) is 4.79 Å². The van der Waals surface area contributed by atoms with E-state index in [0.29, 0.717) is 59.2 Å².